The van der Waals surface area contributed by atoms with E-state index >= 15 is 0 Å². The Morgan fingerprint density at radius 3 is 2.65 bits per heavy atom. The highest BCUT2D eigenvalue weighted by Crippen LogP contribution is 2.31. The zero-order valence-corrected chi connectivity index (χ0v) is 20.6. The lowest BCUT2D eigenvalue weighted by molar-refractivity contribution is -0.119. The van der Waals surface area contributed by atoms with Crippen LogP contribution >= 0.6 is 23.4 Å². The smallest absolute Gasteiger partial charge is 0.262 e. The number of ether oxygens (including phenoxy) is 3. The minimum absolute atomic E-state index is 0.0678. The topological polar surface area (TPSA) is 91.7 Å². The van der Waals surface area contributed by atoms with Gasteiger partial charge in [-0.2, -0.15) is 0 Å². The second-order valence-corrected chi connectivity index (χ2v) is 9.24. The molecule has 10 heteroatoms. The van der Waals surface area contributed by atoms with Gasteiger partial charge in [0, 0.05) is 24.2 Å². The van der Waals surface area contributed by atoms with E-state index in [1.54, 1.807) is 28.8 Å². The van der Waals surface area contributed by atoms with E-state index in [0.717, 1.165) is 25.0 Å². The van der Waals surface area contributed by atoms with Crippen LogP contribution in [0, 0.1) is 0 Å². The molecule has 3 aromatic rings. The third-order valence-electron chi connectivity index (χ3n) is 5.56. The van der Waals surface area contributed by atoms with E-state index < -0.39 is 0 Å². The van der Waals surface area contributed by atoms with Crippen molar-refractivity contribution >= 4 is 40.2 Å². The average molecular weight is 504 g/mol. The van der Waals surface area contributed by atoms with Crippen molar-refractivity contribution in [3.05, 3.63) is 57.3 Å². The summed E-state index contributed by atoms with van der Waals surface area (Å²) in [4.78, 5) is 30.7. The standard InChI is InChI=1S/C24H26ClN3O5S/c1-31-20-10-18-19(11-21(20)32-2)27-24(34-14-22(29)26-12-17-4-3-9-33-17)28(23(18)30)13-15-5-7-16(25)8-6-15/h5-8,10-11,17H,3-4,9,12-14H2,1-2H3,(H,26,29). The zero-order valence-electron chi connectivity index (χ0n) is 19.0. The van der Waals surface area contributed by atoms with E-state index in [9.17, 15) is 9.59 Å². The minimum atomic E-state index is -0.233. The Labute approximate surface area is 206 Å². The van der Waals surface area contributed by atoms with Crippen molar-refractivity contribution in [1.29, 1.82) is 0 Å². The minimum Gasteiger partial charge on any atom is -0.493 e. The number of benzene rings is 2. The van der Waals surface area contributed by atoms with Crippen LogP contribution in [0.2, 0.25) is 5.02 Å². The van der Waals surface area contributed by atoms with Crippen molar-refractivity contribution in [3.8, 4) is 11.5 Å². The number of hydrogen-bond donors (Lipinski definition) is 1. The summed E-state index contributed by atoms with van der Waals surface area (Å²) in [5, 5.41) is 4.36. The molecule has 1 saturated heterocycles. The molecule has 2 heterocycles. The van der Waals surface area contributed by atoms with Gasteiger partial charge in [-0.1, -0.05) is 35.5 Å². The Balaban J connectivity index is 1.64. The monoisotopic (exact) mass is 503 g/mol. The highest BCUT2D eigenvalue weighted by Gasteiger charge is 2.19. The van der Waals surface area contributed by atoms with Crippen LogP contribution in [-0.4, -0.2) is 54.7 Å². The lowest BCUT2D eigenvalue weighted by Gasteiger charge is -2.15. The first kappa shape index (κ1) is 24.4. The molecule has 1 aromatic heterocycles. The second kappa shape index (κ2) is 11.1. The van der Waals surface area contributed by atoms with E-state index in [4.69, 9.17) is 30.8 Å². The summed E-state index contributed by atoms with van der Waals surface area (Å²) in [5.41, 5.74) is 1.12. The molecule has 1 amide bonds. The summed E-state index contributed by atoms with van der Waals surface area (Å²) >= 11 is 7.23. The van der Waals surface area contributed by atoms with Gasteiger partial charge >= 0.3 is 0 Å². The van der Waals surface area contributed by atoms with Crippen molar-refractivity contribution in [3.63, 3.8) is 0 Å². The molecule has 1 atom stereocenters. The first-order valence-electron chi connectivity index (χ1n) is 10.9. The molecular formula is C24H26ClN3O5S. The number of carbonyl (C=O) groups is 1. The fourth-order valence-electron chi connectivity index (χ4n) is 3.76. The van der Waals surface area contributed by atoms with Gasteiger partial charge in [0.25, 0.3) is 5.56 Å². The molecule has 34 heavy (non-hydrogen) atoms. The Bertz CT molecular complexity index is 1230. The molecule has 0 saturated carbocycles. The number of amides is 1. The summed E-state index contributed by atoms with van der Waals surface area (Å²) in [6.45, 7) is 1.51. The van der Waals surface area contributed by atoms with E-state index in [2.05, 4.69) is 5.32 Å². The van der Waals surface area contributed by atoms with Crippen molar-refractivity contribution in [1.82, 2.24) is 14.9 Å². The van der Waals surface area contributed by atoms with E-state index in [-0.39, 0.29) is 29.9 Å². The number of aromatic nitrogens is 2. The Morgan fingerprint density at radius 2 is 1.97 bits per heavy atom. The van der Waals surface area contributed by atoms with Crippen molar-refractivity contribution in [2.24, 2.45) is 0 Å². The molecule has 1 aliphatic rings. The van der Waals surface area contributed by atoms with Crippen LogP contribution in [0.3, 0.4) is 0 Å². The molecule has 8 nitrogen and oxygen atoms in total. The second-order valence-electron chi connectivity index (χ2n) is 7.86. The molecular weight excluding hydrogens is 478 g/mol. The van der Waals surface area contributed by atoms with Gasteiger partial charge in [-0.05, 0) is 36.6 Å². The molecule has 0 radical (unpaired) electrons. The van der Waals surface area contributed by atoms with Crippen molar-refractivity contribution in [2.75, 3.05) is 33.1 Å². The third-order valence-corrected chi connectivity index (χ3v) is 6.79. The van der Waals surface area contributed by atoms with Gasteiger partial charge in [-0.15, -0.1) is 0 Å². The largest absolute Gasteiger partial charge is 0.493 e. The summed E-state index contributed by atoms with van der Waals surface area (Å²) in [5.74, 6) is 0.905. The number of fused-ring (bicyclic) bond motifs is 1. The lowest BCUT2D eigenvalue weighted by Crippen LogP contribution is -2.33. The molecule has 1 unspecified atom stereocenters. The Kier molecular flexibility index (Phi) is 7.97. The molecule has 2 aromatic carbocycles. The molecule has 1 fully saturated rings. The molecule has 1 aliphatic heterocycles. The number of rotatable bonds is 9. The number of carbonyl (C=O) groups excluding carboxylic acids is 1. The van der Waals surface area contributed by atoms with Crippen LogP contribution in [0.4, 0.5) is 0 Å². The van der Waals surface area contributed by atoms with Gasteiger partial charge in [0.2, 0.25) is 5.91 Å². The molecule has 0 spiro atoms. The maximum Gasteiger partial charge on any atom is 0.262 e. The Hall–Kier alpha value is -2.75. The fraction of sp³-hybridized carbons (Fsp3) is 0.375. The van der Waals surface area contributed by atoms with E-state index in [0.29, 0.717) is 39.1 Å². The van der Waals surface area contributed by atoms with Crippen LogP contribution in [-0.2, 0) is 16.1 Å². The maximum atomic E-state index is 13.5. The highest BCUT2D eigenvalue weighted by atomic mass is 35.5. The van der Waals surface area contributed by atoms with Gasteiger partial charge in [0.1, 0.15) is 0 Å². The highest BCUT2D eigenvalue weighted by molar-refractivity contribution is 7.99. The number of hydrogen-bond acceptors (Lipinski definition) is 7. The quantitative estimate of drug-likeness (QED) is 0.353. The molecule has 0 bridgehead atoms. The summed E-state index contributed by atoms with van der Waals surface area (Å²) in [7, 11) is 3.04. The van der Waals surface area contributed by atoms with Gasteiger partial charge in [0.15, 0.2) is 16.7 Å². The lowest BCUT2D eigenvalue weighted by atomic mass is 10.2. The van der Waals surface area contributed by atoms with Gasteiger partial charge in [-0.25, -0.2) is 4.98 Å². The number of nitrogens with one attached hydrogen (secondary N) is 1. The molecule has 0 aliphatic carbocycles. The Morgan fingerprint density at radius 1 is 1.24 bits per heavy atom. The average Bonchev–Trinajstić information content (AvgIpc) is 3.37. The number of halogens is 1. The van der Waals surface area contributed by atoms with Crippen LogP contribution in [0.15, 0.2) is 46.3 Å². The van der Waals surface area contributed by atoms with Gasteiger partial charge < -0.3 is 19.5 Å². The normalized spacial score (nSPS) is 15.4. The van der Waals surface area contributed by atoms with Crippen LogP contribution in [0.25, 0.3) is 10.9 Å². The number of nitrogens with zero attached hydrogens (tertiary/aromatic N) is 2. The predicted octanol–water partition coefficient (Wildman–Crippen LogP) is 3.50. The fourth-order valence-corrected chi connectivity index (χ4v) is 4.72. The molecule has 1 N–H and O–H groups in total. The van der Waals surface area contributed by atoms with Gasteiger partial charge in [-0.3, -0.25) is 14.2 Å². The van der Waals surface area contributed by atoms with Crippen molar-refractivity contribution in [2.45, 2.75) is 30.6 Å². The number of methoxy groups -OCH3 is 2. The van der Waals surface area contributed by atoms with Crippen LogP contribution < -0.4 is 20.3 Å². The SMILES string of the molecule is COc1cc2nc(SCC(=O)NCC3CCCO3)n(Cc3ccc(Cl)cc3)c(=O)c2cc1OC. The first-order chi connectivity index (χ1) is 16.5. The molecule has 180 valence electrons. The van der Waals surface area contributed by atoms with Crippen LogP contribution in [0.5, 0.6) is 11.5 Å². The van der Waals surface area contributed by atoms with Crippen molar-refractivity contribution < 1.29 is 19.0 Å². The van der Waals surface area contributed by atoms with E-state index in [1.165, 1.54) is 26.0 Å². The molecule has 4 rings (SSSR count). The third kappa shape index (κ3) is 5.65. The first-order valence-corrected chi connectivity index (χ1v) is 12.3. The van der Waals surface area contributed by atoms with E-state index in [1.807, 2.05) is 12.1 Å². The zero-order chi connectivity index (χ0) is 24.1. The number of thioether (sulfide) groups is 1. The predicted molar refractivity (Wildman–Crippen MR) is 132 cm³/mol. The van der Waals surface area contributed by atoms with Crippen LogP contribution in [0.1, 0.15) is 18.4 Å². The summed E-state index contributed by atoms with van der Waals surface area (Å²) < 4.78 is 17.9. The maximum absolute atomic E-state index is 13.5. The van der Waals surface area contributed by atoms with Gasteiger partial charge in [0.05, 0.1) is 43.5 Å². The summed E-state index contributed by atoms with van der Waals surface area (Å²) in [6.07, 6.45) is 2.03. The summed E-state index contributed by atoms with van der Waals surface area (Å²) in [6, 6.07) is 10.6.